The van der Waals surface area contributed by atoms with Crippen LogP contribution in [0.1, 0.15) is 31.1 Å². The molecule has 1 atom stereocenters. The van der Waals surface area contributed by atoms with Crippen molar-refractivity contribution < 1.29 is 24.4 Å². The number of nitrogens with zero attached hydrogens (tertiary/aromatic N) is 2. The number of nitro groups is 1. The van der Waals surface area contributed by atoms with Gasteiger partial charge < -0.3 is 15.2 Å². The Kier molecular flexibility index (Phi) is 5.79. The highest BCUT2D eigenvalue weighted by molar-refractivity contribution is 5.96. The van der Waals surface area contributed by atoms with Crippen LogP contribution >= 0.6 is 0 Å². The zero-order chi connectivity index (χ0) is 16.9. The predicted octanol–water partition coefficient (Wildman–Crippen LogP) is 1.69. The summed E-state index contributed by atoms with van der Waals surface area (Å²) in [6, 6.07) is 0.0792. The van der Waals surface area contributed by atoms with Crippen molar-refractivity contribution in [3.8, 4) is 0 Å². The number of carbonyl (C=O) groups excluding carboxylic acids is 1. The Morgan fingerprint density at radius 1 is 1.50 bits per heavy atom. The number of anilines is 1. The Morgan fingerprint density at radius 3 is 2.59 bits per heavy atom. The van der Waals surface area contributed by atoms with Crippen molar-refractivity contribution >= 4 is 23.4 Å². The lowest BCUT2D eigenvalue weighted by atomic mass is 10.0. The zero-order valence-electron chi connectivity index (χ0n) is 12.4. The summed E-state index contributed by atoms with van der Waals surface area (Å²) in [7, 11) is 0. The van der Waals surface area contributed by atoms with Crippen molar-refractivity contribution in [2.45, 2.75) is 26.8 Å². The topological polar surface area (TPSA) is 132 Å². The summed E-state index contributed by atoms with van der Waals surface area (Å²) in [6.07, 6.45) is 1.18. The number of carbonyl (C=O) groups is 2. The summed E-state index contributed by atoms with van der Waals surface area (Å²) < 4.78 is 4.76. The molecule has 0 aromatic carbocycles. The van der Waals surface area contributed by atoms with Gasteiger partial charge in [-0.25, -0.2) is 14.6 Å². The van der Waals surface area contributed by atoms with Crippen LogP contribution < -0.4 is 5.32 Å². The molecule has 9 nitrogen and oxygen atoms in total. The minimum atomic E-state index is -1.17. The molecule has 120 valence electrons. The molecule has 0 unspecified atom stereocenters. The molecule has 0 aliphatic carbocycles. The third kappa shape index (κ3) is 3.90. The first kappa shape index (κ1) is 17.3. The van der Waals surface area contributed by atoms with Crippen molar-refractivity contribution in [1.29, 1.82) is 0 Å². The van der Waals surface area contributed by atoms with Gasteiger partial charge >= 0.3 is 17.6 Å². The molecule has 0 saturated heterocycles. The number of aliphatic carboxylic acids is 1. The molecular weight excluding hydrogens is 294 g/mol. The van der Waals surface area contributed by atoms with E-state index in [9.17, 15) is 19.7 Å². The average Bonchev–Trinajstić information content (AvgIpc) is 2.43. The maximum atomic E-state index is 11.8. The molecule has 2 N–H and O–H groups in total. The Balaban J connectivity index is 3.30. The van der Waals surface area contributed by atoms with E-state index in [4.69, 9.17) is 9.84 Å². The number of aromatic nitrogens is 1. The molecule has 0 amide bonds. The molecule has 0 aliphatic rings. The lowest BCUT2D eigenvalue weighted by molar-refractivity contribution is -0.384. The Hall–Kier alpha value is -2.71. The zero-order valence-corrected chi connectivity index (χ0v) is 12.4. The number of carboxylic acids is 1. The van der Waals surface area contributed by atoms with Crippen LogP contribution in [0.2, 0.25) is 0 Å². The average molecular weight is 311 g/mol. The van der Waals surface area contributed by atoms with Gasteiger partial charge in [0, 0.05) is 6.20 Å². The van der Waals surface area contributed by atoms with Crippen LogP contribution in [0.15, 0.2) is 12.3 Å². The van der Waals surface area contributed by atoms with Crippen molar-refractivity contribution in [2.24, 2.45) is 5.92 Å². The van der Waals surface area contributed by atoms with Gasteiger partial charge in [0.2, 0.25) is 5.82 Å². The maximum absolute atomic E-state index is 11.8. The van der Waals surface area contributed by atoms with Crippen LogP contribution in [0.4, 0.5) is 11.5 Å². The second-order valence-electron chi connectivity index (χ2n) is 4.74. The molecule has 1 heterocycles. The highest BCUT2D eigenvalue weighted by Gasteiger charge is 2.30. The number of hydrogen-bond acceptors (Lipinski definition) is 7. The number of ether oxygens (including phenoxy) is 1. The van der Waals surface area contributed by atoms with E-state index in [1.807, 2.05) is 0 Å². The van der Waals surface area contributed by atoms with Crippen LogP contribution in [-0.4, -0.2) is 39.6 Å². The van der Waals surface area contributed by atoms with Gasteiger partial charge in [-0.1, -0.05) is 13.8 Å². The highest BCUT2D eigenvalue weighted by atomic mass is 16.6. The first-order valence-electron chi connectivity index (χ1n) is 6.59. The van der Waals surface area contributed by atoms with Crippen LogP contribution in [-0.2, 0) is 9.53 Å². The van der Waals surface area contributed by atoms with E-state index >= 15 is 0 Å². The molecule has 1 rings (SSSR count). The molecule has 1 aromatic rings. The third-order valence-corrected chi connectivity index (χ3v) is 2.83. The van der Waals surface area contributed by atoms with Crippen molar-refractivity contribution in [3.05, 3.63) is 27.9 Å². The minimum Gasteiger partial charge on any atom is -0.480 e. The molecule has 0 saturated carbocycles. The molecular formula is C13H17N3O6. The largest absolute Gasteiger partial charge is 0.480 e. The molecule has 9 heteroatoms. The molecule has 0 radical (unpaired) electrons. The second kappa shape index (κ2) is 7.34. The monoisotopic (exact) mass is 311 g/mol. The second-order valence-corrected chi connectivity index (χ2v) is 4.74. The summed E-state index contributed by atoms with van der Waals surface area (Å²) in [5.74, 6) is -2.66. The number of esters is 1. The number of rotatable bonds is 7. The molecule has 22 heavy (non-hydrogen) atoms. The van der Waals surface area contributed by atoms with E-state index in [2.05, 4.69) is 10.3 Å². The summed E-state index contributed by atoms with van der Waals surface area (Å²) >= 11 is 0. The molecule has 0 spiro atoms. The molecule has 0 bridgehead atoms. The van der Waals surface area contributed by atoms with Gasteiger partial charge in [0.05, 0.1) is 11.5 Å². The van der Waals surface area contributed by atoms with Gasteiger partial charge in [0.25, 0.3) is 0 Å². The van der Waals surface area contributed by atoms with Crippen LogP contribution in [0.3, 0.4) is 0 Å². The molecule has 0 fully saturated rings. The van der Waals surface area contributed by atoms with Crippen LogP contribution in [0, 0.1) is 16.0 Å². The van der Waals surface area contributed by atoms with E-state index in [-0.39, 0.29) is 23.9 Å². The first-order chi connectivity index (χ1) is 10.3. The van der Waals surface area contributed by atoms with Crippen molar-refractivity contribution in [1.82, 2.24) is 4.98 Å². The number of hydrogen-bond donors (Lipinski definition) is 2. The fourth-order valence-electron chi connectivity index (χ4n) is 1.78. The lowest BCUT2D eigenvalue weighted by Crippen LogP contribution is -2.35. The summed E-state index contributed by atoms with van der Waals surface area (Å²) in [5.41, 5.74) is -0.884. The van der Waals surface area contributed by atoms with Gasteiger partial charge in [-0.15, -0.1) is 0 Å². The normalized spacial score (nSPS) is 11.8. The van der Waals surface area contributed by atoms with E-state index in [0.29, 0.717) is 0 Å². The summed E-state index contributed by atoms with van der Waals surface area (Å²) in [5, 5.41) is 22.9. The van der Waals surface area contributed by atoms with Gasteiger partial charge in [0.15, 0.2) is 0 Å². The molecule has 0 aliphatic heterocycles. The number of pyridine rings is 1. The lowest BCUT2D eigenvalue weighted by Gasteiger charge is -2.18. The van der Waals surface area contributed by atoms with E-state index in [1.165, 1.54) is 6.20 Å². The number of nitrogens with one attached hydrogen (secondary N) is 1. The van der Waals surface area contributed by atoms with Gasteiger partial charge in [-0.3, -0.25) is 10.1 Å². The van der Waals surface area contributed by atoms with Gasteiger partial charge in [0.1, 0.15) is 11.6 Å². The minimum absolute atomic E-state index is 0.0603. The SMILES string of the molecule is CCOC(=O)c1ccnc(N[C@@H](C(=O)O)C(C)C)c1[N+](=O)[O-]. The summed E-state index contributed by atoms with van der Waals surface area (Å²) in [4.78, 5) is 37.2. The quantitative estimate of drug-likeness (QED) is 0.441. The van der Waals surface area contributed by atoms with Crippen LogP contribution in [0.25, 0.3) is 0 Å². The molecule has 1 aromatic heterocycles. The third-order valence-electron chi connectivity index (χ3n) is 2.83. The van der Waals surface area contributed by atoms with Crippen molar-refractivity contribution in [3.63, 3.8) is 0 Å². The predicted molar refractivity (Wildman–Crippen MR) is 76.7 cm³/mol. The fraction of sp³-hybridized carbons (Fsp3) is 0.462. The Bertz CT molecular complexity index is 587. The number of carboxylic acid groups (broad SMARTS) is 1. The smallest absolute Gasteiger partial charge is 0.345 e. The Morgan fingerprint density at radius 2 is 2.14 bits per heavy atom. The summed E-state index contributed by atoms with van der Waals surface area (Å²) in [6.45, 7) is 4.92. The fourth-order valence-corrected chi connectivity index (χ4v) is 1.78. The first-order valence-corrected chi connectivity index (χ1v) is 6.59. The van der Waals surface area contributed by atoms with E-state index < -0.39 is 28.6 Å². The Labute approximate surface area is 126 Å². The van der Waals surface area contributed by atoms with E-state index in [1.54, 1.807) is 20.8 Å². The standard InChI is InChI=1S/C13H17N3O6/c1-4-22-13(19)8-5-6-14-11(10(8)16(20)21)15-9(7(2)3)12(17)18/h5-7,9H,4H2,1-3H3,(H,14,15)(H,17,18)/t9-/m1/s1. The highest BCUT2D eigenvalue weighted by Crippen LogP contribution is 2.28. The van der Waals surface area contributed by atoms with Crippen molar-refractivity contribution in [2.75, 3.05) is 11.9 Å². The van der Waals surface area contributed by atoms with E-state index in [0.717, 1.165) is 6.07 Å². The van der Waals surface area contributed by atoms with Gasteiger partial charge in [-0.05, 0) is 18.9 Å². The maximum Gasteiger partial charge on any atom is 0.345 e. The van der Waals surface area contributed by atoms with Gasteiger partial charge in [-0.2, -0.15) is 0 Å². The van der Waals surface area contributed by atoms with Crippen LogP contribution in [0.5, 0.6) is 0 Å².